The summed E-state index contributed by atoms with van der Waals surface area (Å²) in [6, 6.07) is 12.1. The normalized spacial score (nSPS) is 13.2. The van der Waals surface area contributed by atoms with Gasteiger partial charge in [0.2, 0.25) is 5.91 Å². The Labute approximate surface area is 146 Å². The maximum Gasteiger partial charge on any atom is 0.257 e. The van der Waals surface area contributed by atoms with E-state index in [0.29, 0.717) is 28.4 Å². The number of nitrogens with zero attached hydrogens (tertiary/aromatic N) is 1. The fourth-order valence-corrected chi connectivity index (χ4v) is 2.69. The van der Waals surface area contributed by atoms with Gasteiger partial charge in [-0.25, -0.2) is 0 Å². The van der Waals surface area contributed by atoms with Crippen molar-refractivity contribution in [1.29, 1.82) is 0 Å². The van der Waals surface area contributed by atoms with Gasteiger partial charge in [-0.3, -0.25) is 9.59 Å². The minimum Gasteiger partial charge on any atom is -0.495 e. The van der Waals surface area contributed by atoms with Crippen molar-refractivity contribution in [3.63, 3.8) is 0 Å². The quantitative estimate of drug-likeness (QED) is 0.820. The molecular weight excluding hydrogens is 318 g/mol. The number of anilines is 3. The van der Waals surface area contributed by atoms with Crippen LogP contribution in [0.15, 0.2) is 42.5 Å². The van der Waals surface area contributed by atoms with Gasteiger partial charge in [-0.2, -0.15) is 0 Å². The Morgan fingerprint density at radius 1 is 1.20 bits per heavy atom. The molecule has 0 unspecified atom stereocenters. The Morgan fingerprint density at radius 3 is 2.56 bits per heavy atom. The molecule has 25 heavy (non-hydrogen) atoms. The van der Waals surface area contributed by atoms with E-state index in [0.717, 1.165) is 12.8 Å². The first kappa shape index (κ1) is 16.8. The molecule has 0 saturated heterocycles. The Kier molecular flexibility index (Phi) is 4.61. The number of nitrogens with one attached hydrogen (secondary N) is 1. The van der Waals surface area contributed by atoms with Gasteiger partial charge in [0.25, 0.3) is 5.91 Å². The minimum absolute atomic E-state index is 0.0499. The van der Waals surface area contributed by atoms with Gasteiger partial charge in [-0.1, -0.05) is 12.1 Å². The highest BCUT2D eigenvalue weighted by Crippen LogP contribution is 2.33. The Balaban J connectivity index is 1.82. The van der Waals surface area contributed by atoms with Crippen LogP contribution in [-0.2, 0) is 4.79 Å². The van der Waals surface area contributed by atoms with Gasteiger partial charge >= 0.3 is 0 Å². The summed E-state index contributed by atoms with van der Waals surface area (Å²) < 4.78 is 5.11. The third kappa shape index (κ3) is 3.57. The van der Waals surface area contributed by atoms with E-state index in [1.807, 2.05) is 6.07 Å². The molecular formula is C19H21N3O3. The van der Waals surface area contributed by atoms with Crippen LogP contribution in [0.5, 0.6) is 5.75 Å². The first-order chi connectivity index (χ1) is 12.0. The molecule has 0 radical (unpaired) electrons. The molecule has 3 N–H and O–H groups in total. The Bertz CT molecular complexity index is 815. The number of nitrogen functional groups attached to an aromatic ring is 1. The van der Waals surface area contributed by atoms with Crippen molar-refractivity contribution in [3.05, 3.63) is 48.0 Å². The van der Waals surface area contributed by atoms with E-state index >= 15 is 0 Å². The molecule has 0 spiro atoms. The summed E-state index contributed by atoms with van der Waals surface area (Å²) in [7, 11) is 3.24. The lowest BCUT2D eigenvalue weighted by molar-refractivity contribution is -0.119. The standard InChI is InChI=1S/C19H21N3O3/c1-22(19(24)12-7-8-12)16-6-4-3-5-14(16)18(23)21-13-9-10-17(25-2)15(20)11-13/h3-6,9-12H,7-8,20H2,1-2H3,(H,21,23). The summed E-state index contributed by atoms with van der Waals surface area (Å²) in [5.74, 6) is 0.389. The fourth-order valence-electron chi connectivity index (χ4n) is 2.69. The number of amides is 2. The lowest BCUT2D eigenvalue weighted by Gasteiger charge is -2.20. The minimum atomic E-state index is -0.296. The molecule has 0 atom stereocenters. The number of nitrogens with two attached hydrogens (primary N) is 1. The summed E-state index contributed by atoms with van der Waals surface area (Å²) in [6.07, 6.45) is 1.84. The molecule has 1 aliphatic rings. The van der Waals surface area contributed by atoms with E-state index in [1.165, 1.54) is 7.11 Å². The zero-order valence-electron chi connectivity index (χ0n) is 14.3. The van der Waals surface area contributed by atoms with Gasteiger partial charge in [0, 0.05) is 18.7 Å². The van der Waals surface area contributed by atoms with Crippen LogP contribution in [0.3, 0.4) is 0 Å². The molecule has 2 amide bonds. The van der Waals surface area contributed by atoms with Gasteiger partial charge in [0.1, 0.15) is 5.75 Å². The number of para-hydroxylation sites is 1. The first-order valence-electron chi connectivity index (χ1n) is 8.12. The molecule has 1 aliphatic carbocycles. The van der Waals surface area contributed by atoms with Gasteiger partial charge in [-0.05, 0) is 43.2 Å². The lowest BCUT2D eigenvalue weighted by Crippen LogP contribution is -2.29. The lowest BCUT2D eigenvalue weighted by atomic mass is 10.1. The van der Waals surface area contributed by atoms with Gasteiger partial charge in [0.05, 0.1) is 24.0 Å². The smallest absolute Gasteiger partial charge is 0.257 e. The van der Waals surface area contributed by atoms with E-state index in [4.69, 9.17) is 10.5 Å². The second-order valence-electron chi connectivity index (χ2n) is 6.10. The Morgan fingerprint density at radius 2 is 1.92 bits per heavy atom. The fraction of sp³-hybridized carbons (Fsp3) is 0.263. The second kappa shape index (κ2) is 6.84. The highest BCUT2D eigenvalue weighted by molar-refractivity contribution is 6.11. The molecule has 1 fully saturated rings. The average Bonchev–Trinajstić information content (AvgIpc) is 3.45. The van der Waals surface area contributed by atoms with Crippen molar-refractivity contribution in [2.75, 3.05) is 30.1 Å². The zero-order valence-corrected chi connectivity index (χ0v) is 14.3. The molecule has 2 aromatic rings. The number of methoxy groups -OCH3 is 1. The van der Waals surface area contributed by atoms with Crippen LogP contribution in [0.25, 0.3) is 0 Å². The van der Waals surface area contributed by atoms with Gasteiger partial charge in [0.15, 0.2) is 0 Å². The van der Waals surface area contributed by atoms with Crippen molar-refractivity contribution in [2.45, 2.75) is 12.8 Å². The highest BCUT2D eigenvalue weighted by atomic mass is 16.5. The molecule has 0 heterocycles. The number of hydrogen-bond acceptors (Lipinski definition) is 4. The number of rotatable bonds is 5. The second-order valence-corrected chi connectivity index (χ2v) is 6.10. The molecule has 0 aliphatic heterocycles. The summed E-state index contributed by atoms with van der Waals surface area (Å²) in [4.78, 5) is 26.6. The average molecular weight is 339 g/mol. The predicted octanol–water partition coefficient (Wildman–Crippen LogP) is 2.90. The number of ether oxygens (including phenoxy) is 1. The van der Waals surface area contributed by atoms with Crippen molar-refractivity contribution in [2.24, 2.45) is 5.92 Å². The van der Waals surface area contributed by atoms with E-state index < -0.39 is 0 Å². The van der Waals surface area contributed by atoms with E-state index in [1.54, 1.807) is 48.3 Å². The maximum atomic E-state index is 12.7. The van der Waals surface area contributed by atoms with Crippen LogP contribution in [0.1, 0.15) is 23.2 Å². The van der Waals surface area contributed by atoms with Gasteiger partial charge in [-0.15, -0.1) is 0 Å². The molecule has 3 rings (SSSR count). The van der Waals surface area contributed by atoms with Crippen LogP contribution >= 0.6 is 0 Å². The first-order valence-corrected chi connectivity index (χ1v) is 8.12. The summed E-state index contributed by atoms with van der Waals surface area (Å²) in [6.45, 7) is 0. The van der Waals surface area contributed by atoms with Crippen molar-refractivity contribution in [3.8, 4) is 5.75 Å². The maximum absolute atomic E-state index is 12.7. The predicted molar refractivity (Wildman–Crippen MR) is 97.9 cm³/mol. The van der Waals surface area contributed by atoms with E-state index in [-0.39, 0.29) is 17.7 Å². The van der Waals surface area contributed by atoms with Crippen LogP contribution in [0.4, 0.5) is 17.1 Å². The number of benzene rings is 2. The van der Waals surface area contributed by atoms with E-state index in [9.17, 15) is 9.59 Å². The SMILES string of the molecule is COc1ccc(NC(=O)c2ccccc2N(C)C(=O)C2CC2)cc1N. The summed E-state index contributed by atoms with van der Waals surface area (Å²) in [5.41, 5.74) is 7.91. The Hall–Kier alpha value is -3.02. The van der Waals surface area contributed by atoms with Crippen molar-refractivity contribution >= 4 is 28.9 Å². The summed E-state index contributed by atoms with van der Waals surface area (Å²) >= 11 is 0. The molecule has 0 bridgehead atoms. The molecule has 1 saturated carbocycles. The van der Waals surface area contributed by atoms with E-state index in [2.05, 4.69) is 5.32 Å². The monoisotopic (exact) mass is 339 g/mol. The third-order valence-electron chi connectivity index (χ3n) is 4.25. The molecule has 0 aromatic heterocycles. The molecule has 6 heteroatoms. The van der Waals surface area contributed by atoms with Crippen LogP contribution < -0.4 is 20.7 Å². The van der Waals surface area contributed by atoms with Crippen molar-refractivity contribution < 1.29 is 14.3 Å². The highest BCUT2D eigenvalue weighted by Gasteiger charge is 2.33. The van der Waals surface area contributed by atoms with Crippen LogP contribution in [0.2, 0.25) is 0 Å². The van der Waals surface area contributed by atoms with Gasteiger partial charge < -0.3 is 20.7 Å². The number of carbonyl (C=O) groups is 2. The number of hydrogen-bond donors (Lipinski definition) is 2. The molecule has 6 nitrogen and oxygen atoms in total. The zero-order chi connectivity index (χ0) is 18.0. The molecule has 2 aromatic carbocycles. The van der Waals surface area contributed by atoms with Crippen LogP contribution in [0, 0.1) is 5.92 Å². The largest absolute Gasteiger partial charge is 0.495 e. The van der Waals surface area contributed by atoms with Crippen LogP contribution in [-0.4, -0.2) is 26.0 Å². The third-order valence-corrected chi connectivity index (χ3v) is 4.25. The summed E-state index contributed by atoms with van der Waals surface area (Å²) in [5, 5.41) is 2.82. The topological polar surface area (TPSA) is 84.7 Å². The van der Waals surface area contributed by atoms with Crippen molar-refractivity contribution in [1.82, 2.24) is 0 Å². The molecule has 130 valence electrons. The number of carbonyl (C=O) groups excluding carboxylic acids is 2.